The first-order valence-corrected chi connectivity index (χ1v) is 11.5. The van der Waals surface area contributed by atoms with E-state index in [0.29, 0.717) is 5.88 Å². The number of carboxylic acids is 1. The second-order valence-corrected chi connectivity index (χ2v) is 9.19. The summed E-state index contributed by atoms with van der Waals surface area (Å²) in [6, 6.07) is 9.28. The Labute approximate surface area is 200 Å². The van der Waals surface area contributed by atoms with Crippen LogP contribution in [0.4, 0.5) is 4.39 Å². The molecule has 0 aliphatic carbocycles. The van der Waals surface area contributed by atoms with Gasteiger partial charge in [-0.25, -0.2) is 14.2 Å². The number of aliphatic carboxylic acids is 1. The summed E-state index contributed by atoms with van der Waals surface area (Å²) in [4.78, 5) is 29.9. The fraction of sp³-hybridized carbons (Fsp3) is 0.308. The minimum Gasteiger partial charge on any atom is -0.480 e. The van der Waals surface area contributed by atoms with Crippen molar-refractivity contribution in [2.75, 3.05) is 6.54 Å². The number of carbonyl (C=O) groups excluding carboxylic acids is 1. The SMILES string of the molecule is CC(=O)N1CC(Oc2nc(C(C)C)c(-c3ccc(F)cc3)c3cc4cn[nH]c4cc23)CC1C(=O)O. The van der Waals surface area contributed by atoms with Gasteiger partial charge in [-0.1, -0.05) is 26.0 Å². The zero-order valence-electron chi connectivity index (χ0n) is 19.6. The summed E-state index contributed by atoms with van der Waals surface area (Å²) in [6.07, 6.45) is 1.38. The van der Waals surface area contributed by atoms with E-state index in [0.717, 1.165) is 38.5 Å². The molecule has 8 nitrogen and oxygen atoms in total. The summed E-state index contributed by atoms with van der Waals surface area (Å²) in [5, 5.41) is 19.2. The van der Waals surface area contributed by atoms with Crippen molar-refractivity contribution in [2.24, 2.45) is 0 Å². The number of fused-ring (bicyclic) bond motifs is 2. The van der Waals surface area contributed by atoms with Crippen LogP contribution >= 0.6 is 0 Å². The van der Waals surface area contributed by atoms with E-state index in [4.69, 9.17) is 9.72 Å². The maximum atomic E-state index is 13.7. The maximum Gasteiger partial charge on any atom is 0.326 e. The molecule has 5 rings (SSSR count). The molecule has 180 valence electrons. The quantitative estimate of drug-likeness (QED) is 0.439. The summed E-state index contributed by atoms with van der Waals surface area (Å²) >= 11 is 0. The van der Waals surface area contributed by atoms with Crippen LogP contribution in [0.5, 0.6) is 5.88 Å². The summed E-state index contributed by atoms with van der Waals surface area (Å²) < 4.78 is 20.0. The van der Waals surface area contributed by atoms with Crippen molar-refractivity contribution < 1.29 is 23.8 Å². The highest BCUT2D eigenvalue weighted by molar-refractivity contribution is 6.06. The van der Waals surface area contributed by atoms with Crippen LogP contribution in [0.3, 0.4) is 0 Å². The van der Waals surface area contributed by atoms with Gasteiger partial charge >= 0.3 is 5.97 Å². The Morgan fingerprint density at radius 1 is 1.20 bits per heavy atom. The van der Waals surface area contributed by atoms with Gasteiger partial charge in [0.2, 0.25) is 11.8 Å². The van der Waals surface area contributed by atoms with Crippen LogP contribution in [0, 0.1) is 5.82 Å². The predicted octanol–water partition coefficient (Wildman–Crippen LogP) is 4.49. The molecule has 1 fully saturated rings. The lowest BCUT2D eigenvalue weighted by molar-refractivity contribution is -0.147. The van der Waals surface area contributed by atoms with Crippen molar-refractivity contribution in [1.82, 2.24) is 20.1 Å². The molecule has 1 aliphatic rings. The molecule has 2 unspecified atom stereocenters. The first kappa shape index (κ1) is 22.8. The van der Waals surface area contributed by atoms with Crippen molar-refractivity contribution >= 4 is 33.6 Å². The number of rotatable bonds is 5. The van der Waals surface area contributed by atoms with E-state index in [-0.39, 0.29) is 30.6 Å². The molecule has 2 N–H and O–H groups in total. The summed E-state index contributed by atoms with van der Waals surface area (Å²) in [6.45, 7) is 5.57. The fourth-order valence-corrected chi connectivity index (χ4v) is 4.79. The van der Waals surface area contributed by atoms with E-state index in [1.807, 2.05) is 26.0 Å². The number of halogens is 1. The molecule has 0 radical (unpaired) electrons. The molecule has 0 saturated carbocycles. The van der Waals surface area contributed by atoms with Gasteiger partial charge in [-0.15, -0.1) is 0 Å². The maximum absolute atomic E-state index is 13.7. The molecule has 0 bridgehead atoms. The molecule has 1 aliphatic heterocycles. The molecule has 9 heteroatoms. The minimum atomic E-state index is -1.06. The number of ether oxygens (including phenoxy) is 1. The molecule has 2 aromatic heterocycles. The topological polar surface area (TPSA) is 108 Å². The second kappa shape index (κ2) is 8.65. The van der Waals surface area contributed by atoms with Gasteiger partial charge in [0.25, 0.3) is 0 Å². The number of aromatic nitrogens is 3. The van der Waals surface area contributed by atoms with E-state index in [9.17, 15) is 19.1 Å². The van der Waals surface area contributed by atoms with Crippen molar-refractivity contribution in [3.8, 4) is 17.0 Å². The largest absolute Gasteiger partial charge is 0.480 e. The first-order chi connectivity index (χ1) is 16.7. The van der Waals surface area contributed by atoms with Crippen LogP contribution in [0.15, 0.2) is 42.6 Å². The fourth-order valence-electron chi connectivity index (χ4n) is 4.79. The monoisotopic (exact) mass is 476 g/mol. The predicted molar refractivity (Wildman–Crippen MR) is 129 cm³/mol. The summed E-state index contributed by atoms with van der Waals surface area (Å²) in [7, 11) is 0. The van der Waals surface area contributed by atoms with Crippen LogP contribution in [-0.2, 0) is 9.59 Å². The zero-order chi connectivity index (χ0) is 24.9. The Hall–Kier alpha value is -4.01. The number of H-pyrrole nitrogens is 1. The van der Waals surface area contributed by atoms with Gasteiger partial charge in [0.1, 0.15) is 18.0 Å². The Morgan fingerprint density at radius 3 is 2.57 bits per heavy atom. The van der Waals surface area contributed by atoms with E-state index < -0.39 is 18.1 Å². The molecule has 35 heavy (non-hydrogen) atoms. The molecular formula is C26H25FN4O4. The number of aromatic amines is 1. The van der Waals surface area contributed by atoms with Gasteiger partial charge in [0, 0.05) is 29.7 Å². The van der Waals surface area contributed by atoms with Crippen LogP contribution in [0.1, 0.15) is 38.8 Å². The number of hydrogen-bond donors (Lipinski definition) is 2. The Balaban J connectivity index is 1.68. The number of nitrogens with zero attached hydrogens (tertiary/aromatic N) is 3. The lowest BCUT2D eigenvalue weighted by Gasteiger charge is -2.21. The highest BCUT2D eigenvalue weighted by atomic mass is 19.1. The summed E-state index contributed by atoms with van der Waals surface area (Å²) in [5.41, 5.74) is 3.28. The molecule has 2 atom stereocenters. The van der Waals surface area contributed by atoms with E-state index in [1.54, 1.807) is 18.3 Å². The number of nitrogens with one attached hydrogen (secondary N) is 1. The third-order valence-electron chi connectivity index (χ3n) is 6.47. The lowest BCUT2D eigenvalue weighted by Crippen LogP contribution is -2.39. The van der Waals surface area contributed by atoms with Gasteiger partial charge in [-0.2, -0.15) is 5.10 Å². The number of pyridine rings is 1. The minimum absolute atomic E-state index is 0.0194. The average molecular weight is 477 g/mol. The van der Waals surface area contributed by atoms with Crippen LogP contribution in [0.25, 0.3) is 32.8 Å². The van der Waals surface area contributed by atoms with E-state index in [2.05, 4.69) is 10.2 Å². The molecule has 3 heterocycles. The second-order valence-electron chi connectivity index (χ2n) is 9.19. The Morgan fingerprint density at radius 2 is 1.94 bits per heavy atom. The van der Waals surface area contributed by atoms with Gasteiger partial charge in [0.15, 0.2) is 0 Å². The molecule has 1 saturated heterocycles. The molecular weight excluding hydrogens is 451 g/mol. The smallest absolute Gasteiger partial charge is 0.326 e. The molecule has 2 aromatic carbocycles. The van der Waals surface area contributed by atoms with Crippen LogP contribution in [-0.4, -0.2) is 55.8 Å². The van der Waals surface area contributed by atoms with E-state index in [1.165, 1.54) is 24.0 Å². The Bertz CT molecular complexity index is 1430. The number of carboxylic acid groups (broad SMARTS) is 1. The van der Waals surface area contributed by atoms with Crippen molar-refractivity contribution in [2.45, 2.75) is 45.3 Å². The average Bonchev–Trinajstić information content (AvgIpc) is 3.45. The number of benzene rings is 2. The zero-order valence-corrected chi connectivity index (χ0v) is 19.6. The highest BCUT2D eigenvalue weighted by Gasteiger charge is 2.40. The van der Waals surface area contributed by atoms with E-state index >= 15 is 0 Å². The summed E-state index contributed by atoms with van der Waals surface area (Å²) in [5.74, 6) is -1.30. The number of likely N-dealkylation sites (tertiary alicyclic amines) is 1. The van der Waals surface area contributed by atoms with Crippen molar-refractivity contribution in [1.29, 1.82) is 0 Å². The highest BCUT2D eigenvalue weighted by Crippen LogP contribution is 2.41. The Kier molecular flexibility index (Phi) is 5.62. The van der Waals surface area contributed by atoms with Gasteiger partial charge in [0.05, 0.1) is 24.0 Å². The number of amides is 1. The van der Waals surface area contributed by atoms with Crippen molar-refractivity contribution in [3.05, 3.63) is 54.1 Å². The first-order valence-electron chi connectivity index (χ1n) is 11.5. The molecule has 1 amide bonds. The third kappa shape index (κ3) is 4.07. The molecule has 4 aromatic rings. The number of hydrogen-bond acceptors (Lipinski definition) is 5. The van der Waals surface area contributed by atoms with Crippen LogP contribution < -0.4 is 4.74 Å². The van der Waals surface area contributed by atoms with Crippen LogP contribution in [0.2, 0.25) is 0 Å². The lowest BCUT2D eigenvalue weighted by atomic mass is 9.92. The standard InChI is InChI=1S/C26H25FN4O4/c1-13(2)24-23(15-4-6-17(27)7-5-15)19-8-16-11-28-30-21(16)10-20(19)25(29-24)35-18-9-22(26(33)34)31(12-18)14(3)32/h4-8,10-11,13,18,22H,9,12H2,1-3H3,(H,28,30)(H,33,34). The number of carbonyl (C=O) groups is 2. The van der Waals surface area contributed by atoms with Gasteiger partial charge < -0.3 is 14.7 Å². The molecule has 0 spiro atoms. The van der Waals surface area contributed by atoms with Gasteiger partial charge in [-0.05, 0) is 41.1 Å². The normalized spacial score (nSPS) is 18.0. The van der Waals surface area contributed by atoms with Crippen molar-refractivity contribution in [3.63, 3.8) is 0 Å². The third-order valence-corrected chi connectivity index (χ3v) is 6.47. The van der Waals surface area contributed by atoms with Gasteiger partial charge in [-0.3, -0.25) is 9.89 Å².